The van der Waals surface area contributed by atoms with Gasteiger partial charge in [-0.2, -0.15) is 0 Å². The Morgan fingerprint density at radius 3 is 2.62 bits per heavy atom. The summed E-state index contributed by atoms with van der Waals surface area (Å²) >= 11 is 0. The van der Waals surface area contributed by atoms with Crippen molar-refractivity contribution in [3.8, 4) is 0 Å². The Balaban J connectivity index is 2.34. The number of aromatic nitrogens is 1. The van der Waals surface area contributed by atoms with E-state index < -0.39 is 15.7 Å². The highest BCUT2D eigenvalue weighted by Gasteiger charge is 2.21. The second-order valence-corrected chi connectivity index (χ2v) is 6.59. The van der Waals surface area contributed by atoms with Crippen molar-refractivity contribution >= 4 is 21.4 Å². The van der Waals surface area contributed by atoms with Crippen LogP contribution in [0.1, 0.15) is 23.7 Å². The molecule has 0 aliphatic carbocycles. The van der Waals surface area contributed by atoms with Gasteiger partial charge in [-0.1, -0.05) is 19.1 Å². The molecule has 0 aliphatic heterocycles. The van der Waals surface area contributed by atoms with Crippen molar-refractivity contribution in [1.29, 1.82) is 0 Å². The number of rotatable bonds is 5. The molecular formula is C15H16N2O3S. The normalized spacial score (nSPS) is 11.1. The first-order valence-corrected chi connectivity index (χ1v) is 8.23. The zero-order valence-electron chi connectivity index (χ0n) is 11.6. The van der Waals surface area contributed by atoms with E-state index in [1.807, 2.05) is 0 Å². The lowest BCUT2D eigenvalue weighted by Gasteiger charge is -2.10. The summed E-state index contributed by atoms with van der Waals surface area (Å²) in [4.78, 5) is 16.2. The summed E-state index contributed by atoms with van der Waals surface area (Å²) in [5.41, 5.74) is 0.667. The first-order valence-electron chi connectivity index (χ1n) is 6.58. The van der Waals surface area contributed by atoms with Gasteiger partial charge in [0.1, 0.15) is 0 Å². The molecule has 0 saturated carbocycles. The van der Waals surface area contributed by atoms with Crippen molar-refractivity contribution in [2.75, 3.05) is 11.1 Å². The van der Waals surface area contributed by atoms with Crippen LogP contribution in [0.4, 0.5) is 5.69 Å². The van der Waals surface area contributed by atoms with E-state index >= 15 is 0 Å². The number of benzene rings is 1. The van der Waals surface area contributed by atoms with Crippen molar-refractivity contribution in [3.63, 3.8) is 0 Å². The van der Waals surface area contributed by atoms with E-state index in [2.05, 4.69) is 10.3 Å². The number of carbonyl (C=O) groups is 1. The van der Waals surface area contributed by atoms with E-state index in [4.69, 9.17) is 0 Å². The number of nitrogens with zero attached hydrogens (tertiary/aromatic N) is 1. The largest absolute Gasteiger partial charge is 0.321 e. The van der Waals surface area contributed by atoms with Gasteiger partial charge in [0.2, 0.25) is 0 Å². The van der Waals surface area contributed by atoms with Gasteiger partial charge in [-0.05, 0) is 30.7 Å². The summed E-state index contributed by atoms with van der Waals surface area (Å²) in [7, 11) is -3.45. The smallest absolute Gasteiger partial charge is 0.257 e. The quantitative estimate of drug-likeness (QED) is 0.921. The Morgan fingerprint density at radius 2 is 1.95 bits per heavy atom. The molecule has 110 valence electrons. The van der Waals surface area contributed by atoms with E-state index in [1.165, 1.54) is 18.3 Å². The number of sulfone groups is 1. The van der Waals surface area contributed by atoms with Crippen molar-refractivity contribution < 1.29 is 13.2 Å². The molecule has 2 rings (SSSR count). The zero-order valence-corrected chi connectivity index (χ0v) is 12.4. The van der Waals surface area contributed by atoms with Crippen LogP contribution in [0.2, 0.25) is 0 Å². The number of hydrogen-bond donors (Lipinski definition) is 1. The molecule has 6 heteroatoms. The van der Waals surface area contributed by atoms with Crippen LogP contribution in [-0.4, -0.2) is 25.1 Å². The minimum atomic E-state index is -3.45. The standard InChI is InChI=1S/C15H16N2O3S/c1-2-10-21(19,20)14-8-4-3-7-13(14)15(18)17-12-6-5-9-16-11-12/h3-9,11H,2,10H2,1H3,(H,17,18). The molecule has 0 spiro atoms. The van der Waals surface area contributed by atoms with Crippen LogP contribution < -0.4 is 5.32 Å². The maximum atomic E-state index is 12.3. The highest BCUT2D eigenvalue weighted by Crippen LogP contribution is 2.19. The number of nitrogens with one attached hydrogen (secondary N) is 1. The Kier molecular flexibility index (Phi) is 4.70. The van der Waals surface area contributed by atoms with E-state index in [9.17, 15) is 13.2 Å². The van der Waals surface area contributed by atoms with Gasteiger partial charge < -0.3 is 5.32 Å². The van der Waals surface area contributed by atoms with Crippen molar-refractivity contribution in [1.82, 2.24) is 4.98 Å². The van der Waals surface area contributed by atoms with Gasteiger partial charge in [0.15, 0.2) is 9.84 Å². The van der Waals surface area contributed by atoms with Crippen molar-refractivity contribution in [2.24, 2.45) is 0 Å². The second kappa shape index (κ2) is 6.49. The lowest BCUT2D eigenvalue weighted by Crippen LogP contribution is -2.17. The summed E-state index contributed by atoms with van der Waals surface area (Å²) < 4.78 is 24.4. The lowest BCUT2D eigenvalue weighted by atomic mass is 10.2. The summed E-state index contributed by atoms with van der Waals surface area (Å²) in [6, 6.07) is 9.60. The second-order valence-electron chi connectivity index (χ2n) is 4.51. The molecule has 5 nitrogen and oxygen atoms in total. The molecule has 0 fully saturated rings. The average molecular weight is 304 g/mol. The molecule has 0 bridgehead atoms. The number of hydrogen-bond acceptors (Lipinski definition) is 4. The molecule has 1 aromatic heterocycles. The fourth-order valence-electron chi connectivity index (χ4n) is 1.94. The Hall–Kier alpha value is -2.21. The van der Waals surface area contributed by atoms with Crippen LogP contribution >= 0.6 is 0 Å². The van der Waals surface area contributed by atoms with Crippen LogP contribution in [0, 0.1) is 0 Å². The highest BCUT2D eigenvalue weighted by molar-refractivity contribution is 7.91. The van der Waals surface area contributed by atoms with E-state index in [0.29, 0.717) is 12.1 Å². The first-order chi connectivity index (χ1) is 10.0. The van der Waals surface area contributed by atoms with Gasteiger partial charge in [-0.25, -0.2) is 8.42 Å². The summed E-state index contributed by atoms with van der Waals surface area (Å²) in [5, 5.41) is 2.65. The monoisotopic (exact) mass is 304 g/mol. The van der Waals surface area contributed by atoms with Gasteiger partial charge in [-0.15, -0.1) is 0 Å². The van der Waals surface area contributed by atoms with Gasteiger partial charge in [0.05, 0.1) is 28.1 Å². The Labute approximate surface area is 124 Å². The van der Waals surface area contributed by atoms with E-state index in [-0.39, 0.29) is 16.2 Å². The minimum Gasteiger partial charge on any atom is -0.321 e. The highest BCUT2D eigenvalue weighted by atomic mass is 32.2. The number of amides is 1. The molecule has 2 aromatic rings. The zero-order chi connectivity index (χ0) is 15.3. The molecule has 1 heterocycles. The fraction of sp³-hybridized carbons (Fsp3) is 0.200. The number of anilines is 1. The predicted molar refractivity (Wildman–Crippen MR) is 81.0 cm³/mol. The molecule has 21 heavy (non-hydrogen) atoms. The third-order valence-corrected chi connectivity index (χ3v) is 4.83. The first kappa shape index (κ1) is 15.2. The van der Waals surface area contributed by atoms with Crippen molar-refractivity contribution in [2.45, 2.75) is 18.2 Å². The third kappa shape index (κ3) is 3.66. The van der Waals surface area contributed by atoms with Crippen LogP contribution in [0.15, 0.2) is 53.7 Å². The summed E-state index contributed by atoms with van der Waals surface area (Å²) in [6.45, 7) is 1.79. The maximum Gasteiger partial charge on any atom is 0.257 e. The molecule has 0 radical (unpaired) electrons. The average Bonchev–Trinajstić information content (AvgIpc) is 2.48. The molecular weight excluding hydrogens is 288 g/mol. The Bertz CT molecular complexity index is 728. The van der Waals surface area contributed by atoms with Crippen LogP contribution in [-0.2, 0) is 9.84 Å². The molecule has 1 N–H and O–H groups in total. The van der Waals surface area contributed by atoms with Gasteiger partial charge in [-0.3, -0.25) is 9.78 Å². The topological polar surface area (TPSA) is 76.1 Å². The van der Waals surface area contributed by atoms with E-state index in [1.54, 1.807) is 37.4 Å². The molecule has 0 atom stereocenters. The molecule has 1 amide bonds. The minimum absolute atomic E-state index is 0.0180. The Morgan fingerprint density at radius 1 is 1.19 bits per heavy atom. The van der Waals surface area contributed by atoms with E-state index in [0.717, 1.165) is 0 Å². The maximum absolute atomic E-state index is 12.3. The van der Waals surface area contributed by atoms with Crippen LogP contribution in [0.3, 0.4) is 0 Å². The predicted octanol–water partition coefficient (Wildman–Crippen LogP) is 2.52. The van der Waals surface area contributed by atoms with Crippen molar-refractivity contribution in [3.05, 3.63) is 54.4 Å². The SMILES string of the molecule is CCCS(=O)(=O)c1ccccc1C(=O)Nc1cccnc1. The summed E-state index contributed by atoms with van der Waals surface area (Å²) in [6.07, 6.45) is 3.59. The molecule has 0 aliphatic rings. The lowest BCUT2D eigenvalue weighted by molar-refractivity contribution is 0.102. The van der Waals surface area contributed by atoms with Crippen LogP contribution in [0.25, 0.3) is 0 Å². The number of pyridine rings is 1. The van der Waals surface area contributed by atoms with Gasteiger partial charge in [0.25, 0.3) is 5.91 Å². The third-order valence-electron chi connectivity index (χ3n) is 2.86. The number of carbonyl (C=O) groups excluding carboxylic acids is 1. The molecule has 0 unspecified atom stereocenters. The summed E-state index contributed by atoms with van der Waals surface area (Å²) in [5.74, 6) is -0.442. The molecule has 0 saturated heterocycles. The van der Waals surface area contributed by atoms with Gasteiger partial charge in [0, 0.05) is 6.20 Å². The van der Waals surface area contributed by atoms with Gasteiger partial charge >= 0.3 is 0 Å². The fourth-order valence-corrected chi connectivity index (χ4v) is 3.48. The molecule has 1 aromatic carbocycles. The van der Waals surface area contributed by atoms with Crippen LogP contribution in [0.5, 0.6) is 0 Å².